The number of carbonyl (C=O) groups is 1. The van der Waals surface area contributed by atoms with Crippen LogP contribution in [0.1, 0.15) is 13.3 Å². The van der Waals surface area contributed by atoms with Crippen LogP contribution in [0.25, 0.3) is 0 Å². The Morgan fingerprint density at radius 1 is 1.64 bits per heavy atom. The number of likely N-dealkylation sites (tertiary alicyclic amines) is 1. The van der Waals surface area contributed by atoms with Crippen LogP contribution in [0.2, 0.25) is 0 Å². The number of rotatable bonds is 1. The van der Waals surface area contributed by atoms with Gasteiger partial charge in [-0.05, 0) is 14.0 Å². The fourth-order valence-electron chi connectivity index (χ4n) is 1.43. The fraction of sp³-hybridized carbons (Fsp3) is 0.857. The number of carbonyl (C=O) groups excluding carboxylic acids is 1. The zero-order valence-electron chi connectivity index (χ0n) is 6.60. The van der Waals surface area contributed by atoms with Crippen LogP contribution in [0, 0.1) is 0 Å². The highest BCUT2D eigenvalue weighted by Crippen LogP contribution is 2.30. The molecule has 1 saturated heterocycles. The van der Waals surface area contributed by atoms with Crippen molar-refractivity contribution in [1.29, 1.82) is 0 Å². The van der Waals surface area contributed by atoms with Gasteiger partial charge in [-0.3, -0.25) is 9.69 Å². The van der Waals surface area contributed by atoms with Crippen LogP contribution in [0.5, 0.6) is 0 Å². The Hall–Kier alpha value is -0.510. The zero-order chi connectivity index (χ0) is 8.65. The molecular weight excluding hydrogens is 152 g/mol. The Balaban J connectivity index is 2.66. The molecule has 0 aliphatic carbocycles. The predicted octanol–water partition coefficient (Wildman–Crippen LogP) is 0.915. The molecule has 0 N–H and O–H groups in total. The molecule has 0 radical (unpaired) electrons. The fourth-order valence-corrected chi connectivity index (χ4v) is 1.43. The molecule has 1 atom stereocenters. The average molecular weight is 163 g/mol. The first kappa shape index (κ1) is 8.59. The standard InChI is InChI=1S/C7H11F2NO/c1-5(11)6-3-7(8,9)4-10(6)2/h6H,3-4H2,1-2H3. The molecule has 1 fully saturated rings. The molecule has 11 heavy (non-hydrogen) atoms. The first-order chi connectivity index (χ1) is 4.92. The van der Waals surface area contributed by atoms with Gasteiger partial charge in [-0.15, -0.1) is 0 Å². The number of likely N-dealkylation sites (N-methyl/N-ethyl adjacent to an activating group) is 1. The van der Waals surface area contributed by atoms with Crippen molar-refractivity contribution in [2.24, 2.45) is 0 Å². The van der Waals surface area contributed by atoms with Crippen LogP contribution < -0.4 is 0 Å². The molecule has 0 spiro atoms. The molecule has 1 aliphatic rings. The molecule has 0 aromatic heterocycles. The maximum Gasteiger partial charge on any atom is 0.262 e. The van der Waals surface area contributed by atoms with Crippen molar-refractivity contribution in [3.63, 3.8) is 0 Å². The summed E-state index contributed by atoms with van der Waals surface area (Å²) < 4.78 is 25.2. The molecule has 1 rings (SSSR count). The van der Waals surface area contributed by atoms with E-state index in [0.29, 0.717) is 0 Å². The van der Waals surface area contributed by atoms with Crippen molar-refractivity contribution >= 4 is 5.78 Å². The first-order valence-electron chi connectivity index (χ1n) is 3.51. The molecule has 4 heteroatoms. The minimum atomic E-state index is -2.68. The van der Waals surface area contributed by atoms with Crippen molar-refractivity contribution in [2.75, 3.05) is 13.6 Å². The van der Waals surface area contributed by atoms with E-state index in [2.05, 4.69) is 0 Å². The summed E-state index contributed by atoms with van der Waals surface area (Å²) in [7, 11) is 1.55. The number of alkyl halides is 2. The Morgan fingerprint density at radius 3 is 2.36 bits per heavy atom. The Bertz CT molecular complexity index is 181. The van der Waals surface area contributed by atoms with Crippen LogP contribution in [0.4, 0.5) is 8.78 Å². The predicted molar refractivity (Wildman–Crippen MR) is 36.7 cm³/mol. The van der Waals surface area contributed by atoms with E-state index in [9.17, 15) is 13.6 Å². The molecule has 1 heterocycles. The summed E-state index contributed by atoms with van der Waals surface area (Å²) in [5.41, 5.74) is 0. The smallest absolute Gasteiger partial charge is 0.262 e. The summed E-state index contributed by atoms with van der Waals surface area (Å²) in [5.74, 6) is -2.85. The van der Waals surface area contributed by atoms with E-state index in [1.165, 1.54) is 11.8 Å². The second kappa shape index (κ2) is 2.52. The van der Waals surface area contributed by atoms with E-state index in [1.807, 2.05) is 0 Å². The molecule has 0 amide bonds. The molecule has 1 aliphatic heterocycles. The second-order valence-corrected chi connectivity index (χ2v) is 3.10. The summed E-state index contributed by atoms with van der Waals surface area (Å²) in [6.07, 6.45) is -0.321. The molecular formula is C7H11F2NO. The summed E-state index contributed by atoms with van der Waals surface area (Å²) in [6.45, 7) is 1.06. The van der Waals surface area contributed by atoms with Crippen LogP contribution in [-0.4, -0.2) is 36.2 Å². The van der Waals surface area contributed by atoms with Gasteiger partial charge < -0.3 is 0 Å². The molecule has 0 aromatic carbocycles. The lowest BCUT2D eigenvalue weighted by molar-refractivity contribution is -0.121. The topological polar surface area (TPSA) is 20.3 Å². The monoisotopic (exact) mass is 163 g/mol. The number of hydrogen-bond donors (Lipinski definition) is 0. The summed E-state index contributed by atoms with van der Waals surface area (Å²) >= 11 is 0. The van der Waals surface area contributed by atoms with Crippen molar-refractivity contribution in [2.45, 2.75) is 25.3 Å². The van der Waals surface area contributed by atoms with E-state index >= 15 is 0 Å². The van der Waals surface area contributed by atoms with E-state index in [1.54, 1.807) is 7.05 Å². The van der Waals surface area contributed by atoms with E-state index in [4.69, 9.17) is 0 Å². The molecule has 0 aromatic rings. The Labute approximate surface area is 64.2 Å². The first-order valence-corrected chi connectivity index (χ1v) is 3.51. The SMILES string of the molecule is CC(=O)C1CC(F)(F)CN1C. The van der Waals surface area contributed by atoms with Gasteiger partial charge in [0.2, 0.25) is 0 Å². The molecule has 0 bridgehead atoms. The number of hydrogen-bond acceptors (Lipinski definition) is 2. The van der Waals surface area contributed by atoms with Gasteiger partial charge in [0.1, 0.15) is 5.78 Å². The van der Waals surface area contributed by atoms with Crippen molar-refractivity contribution in [1.82, 2.24) is 4.90 Å². The summed E-state index contributed by atoms with van der Waals surface area (Å²) in [4.78, 5) is 12.2. The van der Waals surface area contributed by atoms with Crippen molar-refractivity contribution < 1.29 is 13.6 Å². The van der Waals surface area contributed by atoms with Gasteiger partial charge in [0.25, 0.3) is 5.92 Å². The zero-order valence-corrected chi connectivity index (χ0v) is 6.60. The molecule has 2 nitrogen and oxygen atoms in total. The van der Waals surface area contributed by atoms with E-state index in [0.717, 1.165) is 0 Å². The maximum atomic E-state index is 12.6. The summed E-state index contributed by atoms with van der Waals surface area (Å²) in [6, 6.07) is -0.579. The largest absolute Gasteiger partial charge is 0.298 e. The highest BCUT2D eigenvalue weighted by atomic mass is 19.3. The number of halogens is 2. The highest BCUT2D eigenvalue weighted by Gasteiger charge is 2.44. The van der Waals surface area contributed by atoms with E-state index in [-0.39, 0.29) is 18.7 Å². The summed E-state index contributed by atoms with van der Waals surface area (Å²) in [5, 5.41) is 0. The van der Waals surface area contributed by atoms with E-state index < -0.39 is 12.0 Å². The van der Waals surface area contributed by atoms with Crippen molar-refractivity contribution in [3.05, 3.63) is 0 Å². The molecule has 0 saturated carbocycles. The maximum absolute atomic E-state index is 12.6. The van der Waals surface area contributed by atoms with Gasteiger partial charge in [-0.2, -0.15) is 0 Å². The van der Waals surface area contributed by atoms with Gasteiger partial charge in [0, 0.05) is 6.42 Å². The lowest BCUT2D eigenvalue weighted by Crippen LogP contribution is -2.31. The van der Waals surface area contributed by atoms with Crippen LogP contribution in [0.3, 0.4) is 0 Å². The minimum absolute atomic E-state index is 0.176. The van der Waals surface area contributed by atoms with Gasteiger partial charge in [-0.1, -0.05) is 0 Å². The number of Topliss-reactive ketones (excluding diaryl/α,β-unsaturated/α-hetero) is 1. The van der Waals surface area contributed by atoms with Gasteiger partial charge >= 0.3 is 0 Å². The second-order valence-electron chi connectivity index (χ2n) is 3.10. The third kappa shape index (κ3) is 1.74. The van der Waals surface area contributed by atoms with Crippen LogP contribution >= 0.6 is 0 Å². The molecule has 1 unspecified atom stereocenters. The third-order valence-electron chi connectivity index (χ3n) is 1.97. The van der Waals surface area contributed by atoms with Crippen LogP contribution in [-0.2, 0) is 4.79 Å². The van der Waals surface area contributed by atoms with Crippen molar-refractivity contribution in [3.8, 4) is 0 Å². The third-order valence-corrected chi connectivity index (χ3v) is 1.97. The van der Waals surface area contributed by atoms with Gasteiger partial charge in [-0.25, -0.2) is 8.78 Å². The average Bonchev–Trinajstić information content (AvgIpc) is 2.05. The minimum Gasteiger partial charge on any atom is -0.298 e. The normalized spacial score (nSPS) is 30.7. The van der Waals surface area contributed by atoms with Crippen LogP contribution in [0.15, 0.2) is 0 Å². The highest BCUT2D eigenvalue weighted by molar-refractivity contribution is 5.81. The Morgan fingerprint density at radius 2 is 2.18 bits per heavy atom. The van der Waals surface area contributed by atoms with Gasteiger partial charge in [0.15, 0.2) is 0 Å². The number of ketones is 1. The quantitative estimate of drug-likeness (QED) is 0.572. The number of nitrogens with zero attached hydrogens (tertiary/aromatic N) is 1. The van der Waals surface area contributed by atoms with Gasteiger partial charge in [0.05, 0.1) is 12.6 Å². The lowest BCUT2D eigenvalue weighted by atomic mass is 10.1. The molecule has 64 valence electrons. The lowest BCUT2D eigenvalue weighted by Gasteiger charge is -2.13. The Kier molecular flexibility index (Phi) is 1.96.